The average molecular weight is 410 g/mol. The molecule has 0 saturated carbocycles. The first-order chi connectivity index (χ1) is 13.3. The molecule has 28 heavy (non-hydrogen) atoms. The molecule has 7 nitrogen and oxygen atoms in total. The largest absolute Gasteiger partial charge is 0.494 e. The predicted molar refractivity (Wildman–Crippen MR) is 111 cm³/mol. The molecule has 0 radical (unpaired) electrons. The first-order valence-electron chi connectivity index (χ1n) is 9.99. The molecule has 2 fully saturated rings. The van der Waals surface area contributed by atoms with E-state index in [0.717, 1.165) is 37.6 Å². The molecule has 2 aliphatic heterocycles. The lowest BCUT2D eigenvalue weighted by molar-refractivity contribution is -0.136. The van der Waals surface area contributed by atoms with Crippen molar-refractivity contribution in [1.82, 2.24) is 9.80 Å². The highest BCUT2D eigenvalue weighted by Gasteiger charge is 2.35. The molecule has 2 aliphatic rings. The van der Waals surface area contributed by atoms with Gasteiger partial charge >= 0.3 is 0 Å². The maximum Gasteiger partial charge on any atom is 0.239 e. The summed E-state index contributed by atoms with van der Waals surface area (Å²) in [5.74, 6) is 1.16. The summed E-state index contributed by atoms with van der Waals surface area (Å²) < 4.78 is 28.9. The maximum absolute atomic E-state index is 12.9. The Morgan fingerprint density at radius 1 is 1.21 bits per heavy atom. The van der Waals surface area contributed by atoms with Crippen LogP contribution in [0, 0.1) is 0 Å². The number of sulfone groups is 1. The topological polar surface area (TPSA) is 70.2 Å². The number of carbonyl (C=O) groups excluding carboxylic acids is 1. The lowest BCUT2D eigenvalue weighted by Gasteiger charge is -2.40. The summed E-state index contributed by atoms with van der Waals surface area (Å²) in [7, 11) is -1.26. The SMILES string of the molecule is CCOc1ccc(N2CCN([C@H](C)C(=O)N(C)[C@@H]3CCS(=O)(=O)C3)CC2)cc1. The third-order valence-corrected chi connectivity index (χ3v) is 7.59. The van der Waals surface area contributed by atoms with Crippen molar-refractivity contribution in [2.45, 2.75) is 32.4 Å². The lowest BCUT2D eigenvalue weighted by Crippen LogP contribution is -2.55. The smallest absolute Gasteiger partial charge is 0.239 e. The van der Waals surface area contributed by atoms with Crippen LogP contribution in [0.1, 0.15) is 20.3 Å². The molecular weight excluding hydrogens is 378 g/mol. The van der Waals surface area contributed by atoms with Gasteiger partial charge in [-0.25, -0.2) is 8.42 Å². The van der Waals surface area contributed by atoms with E-state index in [-0.39, 0.29) is 29.5 Å². The van der Waals surface area contributed by atoms with E-state index in [1.54, 1.807) is 11.9 Å². The quantitative estimate of drug-likeness (QED) is 0.704. The van der Waals surface area contributed by atoms with E-state index in [2.05, 4.69) is 21.9 Å². The molecule has 0 unspecified atom stereocenters. The second-order valence-electron chi connectivity index (χ2n) is 7.63. The minimum atomic E-state index is -2.99. The zero-order chi connectivity index (χ0) is 20.3. The number of likely N-dealkylation sites (N-methyl/N-ethyl adjacent to an activating group) is 1. The van der Waals surface area contributed by atoms with Crippen LogP contribution in [-0.4, -0.2) is 87.5 Å². The van der Waals surface area contributed by atoms with E-state index in [4.69, 9.17) is 4.74 Å². The van der Waals surface area contributed by atoms with Gasteiger partial charge < -0.3 is 14.5 Å². The molecule has 2 saturated heterocycles. The fourth-order valence-corrected chi connectivity index (χ4v) is 5.77. The molecule has 3 rings (SSSR count). The van der Waals surface area contributed by atoms with E-state index >= 15 is 0 Å². The van der Waals surface area contributed by atoms with E-state index in [1.807, 2.05) is 26.0 Å². The van der Waals surface area contributed by atoms with Gasteiger partial charge in [0.2, 0.25) is 5.91 Å². The van der Waals surface area contributed by atoms with Crippen LogP contribution >= 0.6 is 0 Å². The number of anilines is 1. The predicted octanol–water partition coefficient (Wildman–Crippen LogP) is 1.24. The molecule has 2 heterocycles. The van der Waals surface area contributed by atoms with Crippen molar-refractivity contribution in [2.24, 2.45) is 0 Å². The minimum absolute atomic E-state index is 0.0108. The second kappa shape index (κ2) is 8.69. The van der Waals surface area contributed by atoms with Crippen molar-refractivity contribution in [3.8, 4) is 5.75 Å². The van der Waals surface area contributed by atoms with Crippen LogP contribution in [0.5, 0.6) is 5.75 Å². The van der Waals surface area contributed by atoms with Crippen molar-refractivity contribution in [3.05, 3.63) is 24.3 Å². The summed E-state index contributed by atoms with van der Waals surface area (Å²) in [4.78, 5) is 19.0. The molecule has 1 amide bonds. The molecule has 1 aromatic carbocycles. The van der Waals surface area contributed by atoms with Gasteiger partial charge in [-0.05, 0) is 44.5 Å². The second-order valence-corrected chi connectivity index (χ2v) is 9.86. The van der Waals surface area contributed by atoms with Gasteiger partial charge in [0.05, 0.1) is 24.2 Å². The normalized spacial score (nSPS) is 23.4. The molecule has 0 aliphatic carbocycles. The van der Waals surface area contributed by atoms with Crippen molar-refractivity contribution in [3.63, 3.8) is 0 Å². The van der Waals surface area contributed by atoms with Gasteiger partial charge in [-0.2, -0.15) is 0 Å². The minimum Gasteiger partial charge on any atom is -0.494 e. The fourth-order valence-electron chi connectivity index (χ4n) is 4.00. The first-order valence-corrected chi connectivity index (χ1v) is 11.8. The molecule has 2 atom stereocenters. The van der Waals surface area contributed by atoms with E-state index in [0.29, 0.717) is 13.0 Å². The summed E-state index contributed by atoms with van der Waals surface area (Å²) in [6.45, 7) is 7.87. The average Bonchev–Trinajstić information content (AvgIpc) is 3.07. The number of benzene rings is 1. The van der Waals surface area contributed by atoms with Gasteiger partial charge in [0.25, 0.3) is 0 Å². The Balaban J connectivity index is 1.53. The van der Waals surface area contributed by atoms with Gasteiger partial charge in [0.15, 0.2) is 9.84 Å². The number of nitrogens with zero attached hydrogens (tertiary/aromatic N) is 3. The van der Waals surface area contributed by atoms with E-state index in [9.17, 15) is 13.2 Å². The molecule has 0 aromatic heterocycles. The first kappa shape index (κ1) is 20.9. The van der Waals surface area contributed by atoms with Crippen LogP contribution in [-0.2, 0) is 14.6 Å². The van der Waals surface area contributed by atoms with Crippen LogP contribution in [0.3, 0.4) is 0 Å². The Hall–Kier alpha value is -1.80. The Morgan fingerprint density at radius 2 is 1.86 bits per heavy atom. The van der Waals surface area contributed by atoms with Gasteiger partial charge in [-0.15, -0.1) is 0 Å². The molecule has 1 aromatic rings. The van der Waals surface area contributed by atoms with Crippen molar-refractivity contribution in [1.29, 1.82) is 0 Å². The van der Waals surface area contributed by atoms with E-state index < -0.39 is 9.84 Å². The number of ether oxygens (including phenoxy) is 1. The van der Waals surface area contributed by atoms with Crippen LogP contribution < -0.4 is 9.64 Å². The summed E-state index contributed by atoms with van der Waals surface area (Å²) in [6, 6.07) is 7.69. The summed E-state index contributed by atoms with van der Waals surface area (Å²) in [5.41, 5.74) is 1.16. The van der Waals surface area contributed by atoms with E-state index in [1.165, 1.54) is 0 Å². The molecular formula is C20H31N3O4S. The van der Waals surface area contributed by atoms with Gasteiger partial charge in [0, 0.05) is 45.0 Å². The zero-order valence-corrected chi connectivity index (χ0v) is 17.8. The highest BCUT2D eigenvalue weighted by molar-refractivity contribution is 7.91. The molecule has 156 valence electrons. The number of amides is 1. The molecule has 0 bridgehead atoms. The Labute approximate surface area is 168 Å². The Kier molecular flexibility index (Phi) is 6.50. The van der Waals surface area contributed by atoms with Crippen LogP contribution in [0.25, 0.3) is 0 Å². The summed E-state index contributed by atoms with van der Waals surface area (Å²) in [5, 5.41) is 0. The zero-order valence-electron chi connectivity index (χ0n) is 17.0. The standard InChI is InChI=1S/C20H31N3O4S/c1-4-27-19-7-5-17(6-8-19)23-12-10-22(11-13-23)16(2)20(24)21(3)18-9-14-28(25,26)15-18/h5-8,16,18H,4,9-15H2,1-3H3/t16-,18-/m1/s1. The monoisotopic (exact) mass is 409 g/mol. The lowest BCUT2D eigenvalue weighted by atomic mass is 10.1. The number of hydrogen-bond donors (Lipinski definition) is 0. The number of carbonyl (C=O) groups is 1. The van der Waals surface area contributed by atoms with Gasteiger partial charge in [-0.3, -0.25) is 9.69 Å². The number of piperazine rings is 1. The van der Waals surface area contributed by atoms with Crippen LogP contribution in [0.2, 0.25) is 0 Å². The fraction of sp³-hybridized carbons (Fsp3) is 0.650. The van der Waals surface area contributed by atoms with Crippen LogP contribution in [0.4, 0.5) is 5.69 Å². The van der Waals surface area contributed by atoms with Crippen molar-refractivity contribution in [2.75, 3.05) is 56.2 Å². The van der Waals surface area contributed by atoms with Crippen molar-refractivity contribution < 1.29 is 17.9 Å². The van der Waals surface area contributed by atoms with Crippen molar-refractivity contribution >= 4 is 21.4 Å². The summed E-state index contributed by atoms with van der Waals surface area (Å²) >= 11 is 0. The Bertz CT molecular complexity index is 773. The highest BCUT2D eigenvalue weighted by atomic mass is 32.2. The molecule has 0 spiro atoms. The highest BCUT2D eigenvalue weighted by Crippen LogP contribution is 2.22. The Morgan fingerprint density at radius 3 is 2.39 bits per heavy atom. The number of hydrogen-bond acceptors (Lipinski definition) is 6. The third-order valence-electron chi connectivity index (χ3n) is 5.84. The molecule has 0 N–H and O–H groups in total. The van der Waals surface area contributed by atoms with Crippen LogP contribution in [0.15, 0.2) is 24.3 Å². The third kappa shape index (κ3) is 4.78. The number of rotatable bonds is 6. The van der Waals surface area contributed by atoms with Gasteiger partial charge in [0.1, 0.15) is 5.75 Å². The molecule has 8 heteroatoms. The van der Waals surface area contributed by atoms with Gasteiger partial charge in [-0.1, -0.05) is 0 Å². The maximum atomic E-state index is 12.9. The summed E-state index contributed by atoms with van der Waals surface area (Å²) in [6.07, 6.45) is 0.544.